The first kappa shape index (κ1) is 14.4. The Labute approximate surface area is 107 Å². The average molecular weight is 281 g/mol. The van der Waals surface area contributed by atoms with E-state index in [9.17, 15) is 8.42 Å². The quantitative estimate of drug-likeness (QED) is 0.812. The molecular weight excluding hydrogens is 264 g/mol. The van der Waals surface area contributed by atoms with Gasteiger partial charge in [0, 0.05) is 19.1 Å². The number of nitrogens with zero attached hydrogens (tertiary/aromatic N) is 2. The molecule has 0 bridgehead atoms. The number of aromatic amines is 1. The number of aromatic nitrogens is 2. The molecule has 0 atom stereocenters. The summed E-state index contributed by atoms with van der Waals surface area (Å²) in [5.41, 5.74) is 6.33. The predicted molar refractivity (Wildman–Crippen MR) is 66.5 cm³/mol. The van der Waals surface area contributed by atoms with Gasteiger partial charge in [-0.1, -0.05) is 0 Å². The lowest BCUT2D eigenvalue weighted by Crippen LogP contribution is -2.42. The van der Waals surface area contributed by atoms with Crippen LogP contribution in [-0.4, -0.2) is 42.1 Å². The van der Waals surface area contributed by atoms with Crippen molar-refractivity contribution in [1.29, 1.82) is 0 Å². The van der Waals surface area contributed by atoms with E-state index in [1.807, 2.05) is 0 Å². The largest absolute Gasteiger partial charge is 0.328 e. The van der Waals surface area contributed by atoms with Crippen molar-refractivity contribution in [2.45, 2.75) is 30.7 Å². The summed E-state index contributed by atoms with van der Waals surface area (Å²) in [5.74, 6) is 0. The lowest BCUT2D eigenvalue weighted by atomic mass is 10.1. The zero-order valence-electron chi connectivity index (χ0n) is 9.59. The Bertz CT molecular complexity index is 465. The first-order valence-electron chi connectivity index (χ1n) is 5.27. The maximum Gasteiger partial charge on any atom is 0.246 e. The predicted octanol–water partition coefficient (Wildman–Crippen LogP) is 0.252. The van der Waals surface area contributed by atoms with Crippen LogP contribution in [0.2, 0.25) is 0 Å². The smallest absolute Gasteiger partial charge is 0.246 e. The van der Waals surface area contributed by atoms with E-state index in [1.165, 1.54) is 10.5 Å². The standard InChI is InChI=1S/C9H16N4O2S.ClH/c1-7-9(6-11-12-7)16(14,15)13-4-2-8(10)3-5-13;/h6,8H,2-5,10H2,1H3,(H,11,12);1H. The van der Waals surface area contributed by atoms with E-state index in [0.717, 1.165) is 12.8 Å². The van der Waals surface area contributed by atoms with Crippen LogP contribution >= 0.6 is 12.4 Å². The summed E-state index contributed by atoms with van der Waals surface area (Å²) < 4.78 is 25.9. The molecule has 1 saturated heterocycles. The average Bonchev–Trinajstić information content (AvgIpc) is 2.66. The van der Waals surface area contributed by atoms with Crippen LogP contribution in [0.3, 0.4) is 0 Å². The molecule has 0 saturated carbocycles. The molecule has 1 aliphatic heterocycles. The number of hydrogen-bond donors (Lipinski definition) is 2. The number of nitrogens with two attached hydrogens (primary N) is 1. The molecule has 17 heavy (non-hydrogen) atoms. The summed E-state index contributed by atoms with van der Waals surface area (Å²) in [6.45, 7) is 2.69. The van der Waals surface area contributed by atoms with Crippen LogP contribution in [-0.2, 0) is 10.0 Å². The molecule has 3 N–H and O–H groups in total. The number of piperidine rings is 1. The number of aryl methyl sites for hydroxylation is 1. The van der Waals surface area contributed by atoms with Crippen LogP contribution in [0.1, 0.15) is 18.5 Å². The highest BCUT2D eigenvalue weighted by molar-refractivity contribution is 7.89. The number of hydrogen-bond acceptors (Lipinski definition) is 4. The van der Waals surface area contributed by atoms with Gasteiger partial charge in [-0.3, -0.25) is 5.10 Å². The van der Waals surface area contributed by atoms with E-state index in [-0.39, 0.29) is 23.3 Å². The fraction of sp³-hybridized carbons (Fsp3) is 0.667. The zero-order chi connectivity index (χ0) is 11.8. The Balaban J connectivity index is 0.00000144. The summed E-state index contributed by atoms with van der Waals surface area (Å²) in [6.07, 6.45) is 2.80. The van der Waals surface area contributed by atoms with Crippen LogP contribution in [0.25, 0.3) is 0 Å². The van der Waals surface area contributed by atoms with Gasteiger partial charge in [0.05, 0.1) is 11.9 Å². The molecule has 0 radical (unpaired) electrons. The highest BCUT2D eigenvalue weighted by atomic mass is 35.5. The normalized spacial score (nSPS) is 18.9. The molecule has 0 aliphatic carbocycles. The molecule has 2 heterocycles. The molecule has 0 aromatic carbocycles. The fourth-order valence-electron chi connectivity index (χ4n) is 1.85. The minimum absolute atomic E-state index is 0. The van der Waals surface area contributed by atoms with Gasteiger partial charge in [-0.25, -0.2) is 8.42 Å². The Morgan fingerprint density at radius 2 is 2.06 bits per heavy atom. The highest BCUT2D eigenvalue weighted by Crippen LogP contribution is 2.21. The van der Waals surface area contributed by atoms with Crippen molar-refractivity contribution in [3.63, 3.8) is 0 Å². The minimum atomic E-state index is -3.39. The van der Waals surface area contributed by atoms with Gasteiger partial charge in [-0.2, -0.15) is 9.40 Å². The summed E-state index contributed by atoms with van der Waals surface area (Å²) in [7, 11) is -3.39. The Morgan fingerprint density at radius 3 is 2.53 bits per heavy atom. The van der Waals surface area contributed by atoms with Crippen molar-refractivity contribution >= 4 is 22.4 Å². The maximum atomic E-state index is 12.2. The summed E-state index contributed by atoms with van der Waals surface area (Å²) >= 11 is 0. The molecule has 6 nitrogen and oxygen atoms in total. The van der Waals surface area contributed by atoms with E-state index in [4.69, 9.17) is 5.73 Å². The molecule has 0 amide bonds. The van der Waals surface area contributed by atoms with Crippen molar-refractivity contribution in [1.82, 2.24) is 14.5 Å². The van der Waals surface area contributed by atoms with Gasteiger partial charge in [0.1, 0.15) is 4.90 Å². The van der Waals surface area contributed by atoms with Gasteiger partial charge in [0.2, 0.25) is 10.0 Å². The second-order valence-electron chi connectivity index (χ2n) is 4.10. The van der Waals surface area contributed by atoms with E-state index in [2.05, 4.69) is 10.2 Å². The van der Waals surface area contributed by atoms with Gasteiger partial charge in [-0.05, 0) is 19.8 Å². The van der Waals surface area contributed by atoms with Gasteiger partial charge >= 0.3 is 0 Å². The van der Waals surface area contributed by atoms with Crippen LogP contribution in [0, 0.1) is 6.92 Å². The van der Waals surface area contributed by atoms with E-state index in [0.29, 0.717) is 18.8 Å². The monoisotopic (exact) mass is 280 g/mol. The molecule has 0 spiro atoms. The summed E-state index contributed by atoms with van der Waals surface area (Å²) in [4.78, 5) is 0.267. The van der Waals surface area contributed by atoms with Crippen molar-refractivity contribution in [3.8, 4) is 0 Å². The highest BCUT2D eigenvalue weighted by Gasteiger charge is 2.30. The van der Waals surface area contributed by atoms with Crippen molar-refractivity contribution in [2.24, 2.45) is 5.73 Å². The molecule has 2 rings (SSSR count). The van der Waals surface area contributed by atoms with E-state index in [1.54, 1.807) is 6.92 Å². The van der Waals surface area contributed by atoms with Gasteiger partial charge < -0.3 is 5.73 Å². The fourth-order valence-corrected chi connectivity index (χ4v) is 3.44. The third-order valence-corrected chi connectivity index (χ3v) is 4.91. The number of nitrogens with one attached hydrogen (secondary N) is 1. The van der Waals surface area contributed by atoms with Crippen LogP contribution < -0.4 is 5.73 Å². The molecule has 0 unspecified atom stereocenters. The molecule has 1 fully saturated rings. The molecule has 1 aliphatic rings. The maximum absolute atomic E-state index is 12.2. The number of H-pyrrole nitrogens is 1. The first-order valence-corrected chi connectivity index (χ1v) is 6.71. The van der Waals surface area contributed by atoms with Crippen molar-refractivity contribution in [3.05, 3.63) is 11.9 Å². The number of halogens is 1. The molecule has 8 heteroatoms. The zero-order valence-corrected chi connectivity index (χ0v) is 11.2. The lowest BCUT2D eigenvalue weighted by molar-refractivity contribution is 0.320. The Hall–Kier alpha value is -0.630. The van der Waals surface area contributed by atoms with Gasteiger partial charge in [-0.15, -0.1) is 12.4 Å². The molecular formula is C9H17ClN4O2S. The number of sulfonamides is 1. The number of rotatable bonds is 2. The van der Waals surface area contributed by atoms with E-state index >= 15 is 0 Å². The summed E-state index contributed by atoms with van der Waals surface area (Å²) in [6, 6.07) is 0.122. The van der Waals surface area contributed by atoms with Crippen molar-refractivity contribution in [2.75, 3.05) is 13.1 Å². The molecule has 1 aromatic rings. The van der Waals surface area contributed by atoms with Gasteiger partial charge in [0.15, 0.2) is 0 Å². The topological polar surface area (TPSA) is 92.1 Å². The van der Waals surface area contributed by atoms with Crippen LogP contribution in [0.5, 0.6) is 0 Å². The Morgan fingerprint density at radius 1 is 1.47 bits per heavy atom. The van der Waals surface area contributed by atoms with E-state index < -0.39 is 10.0 Å². The second kappa shape index (κ2) is 5.34. The minimum Gasteiger partial charge on any atom is -0.328 e. The van der Waals surface area contributed by atoms with Crippen LogP contribution in [0.4, 0.5) is 0 Å². The first-order chi connectivity index (χ1) is 7.51. The lowest BCUT2D eigenvalue weighted by Gasteiger charge is -2.28. The third-order valence-electron chi connectivity index (χ3n) is 2.90. The Kier molecular flexibility index (Phi) is 4.54. The van der Waals surface area contributed by atoms with Crippen molar-refractivity contribution < 1.29 is 8.42 Å². The van der Waals surface area contributed by atoms with Crippen LogP contribution in [0.15, 0.2) is 11.1 Å². The molecule has 1 aromatic heterocycles. The SMILES string of the molecule is Cc1[nH]ncc1S(=O)(=O)N1CCC(N)CC1.Cl. The third kappa shape index (κ3) is 2.79. The van der Waals surface area contributed by atoms with Gasteiger partial charge in [0.25, 0.3) is 0 Å². The molecule has 98 valence electrons. The second-order valence-corrected chi connectivity index (χ2v) is 6.01. The summed E-state index contributed by atoms with van der Waals surface area (Å²) in [5, 5.41) is 6.38.